The molecule has 1 rings (SSSR count). The van der Waals surface area contributed by atoms with Crippen molar-refractivity contribution in [3.63, 3.8) is 0 Å². The Bertz CT molecular complexity index is 443. The van der Waals surface area contributed by atoms with Crippen molar-refractivity contribution in [1.82, 2.24) is 5.32 Å². The lowest BCUT2D eigenvalue weighted by Gasteiger charge is -2.23. The topological polar surface area (TPSA) is 38.3 Å². The van der Waals surface area contributed by atoms with Crippen molar-refractivity contribution in [2.24, 2.45) is 0 Å². The lowest BCUT2D eigenvalue weighted by Crippen LogP contribution is -2.46. The van der Waals surface area contributed by atoms with Crippen LogP contribution in [0.5, 0.6) is 5.75 Å². The van der Waals surface area contributed by atoms with Gasteiger partial charge in [-0.3, -0.25) is 4.79 Å². The second kappa shape index (κ2) is 5.57. The molecule has 1 aromatic rings. The molecule has 0 aromatic heterocycles. The van der Waals surface area contributed by atoms with Crippen LogP contribution in [0.3, 0.4) is 0 Å². The Morgan fingerprint density at radius 2 is 2.06 bits per heavy atom. The number of amides is 1. The van der Waals surface area contributed by atoms with Gasteiger partial charge in [0.1, 0.15) is 0 Å². The lowest BCUT2D eigenvalue weighted by atomic mass is 10.1. The number of ether oxygens (including phenoxy) is 1. The van der Waals surface area contributed by atoms with Crippen molar-refractivity contribution in [1.29, 1.82) is 0 Å². The molecule has 0 aliphatic rings. The zero-order valence-electron chi connectivity index (χ0n) is 10.9. The van der Waals surface area contributed by atoms with Gasteiger partial charge >= 0.3 is 0 Å². The molecule has 100 valence electrons. The molecule has 0 spiro atoms. The van der Waals surface area contributed by atoms with E-state index in [0.29, 0.717) is 0 Å². The summed E-state index contributed by atoms with van der Waals surface area (Å²) in [4.78, 5) is 11.8. The van der Waals surface area contributed by atoms with Crippen LogP contribution in [-0.4, -0.2) is 17.6 Å². The molecular formula is C13H17ClFNO2. The van der Waals surface area contributed by atoms with Gasteiger partial charge in [0.15, 0.2) is 17.7 Å². The van der Waals surface area contributed by atoms with E-state index >= 15 is 0 Å². The number of rotatable bonds is 3. The Balaban J connectivity index is 2.69. The molecule has 0 heterocycles. The van der Waals surface area contributed by atoms with Crippen molar-refractivity contribution < 1.29 is 13.9 Å². The summed E-state index contributed by atoms with van der Waals surface area (Å²) in [7, 11) is 0. The molecule has 1 atom stereocenters. The highest BCUT2D eigenvalue weighted by molar-refractivity contribution is 6.30. The number of carbonyl (C=O) groups is 1. The van der Waals surface area contributed by atoms with E-state index in [1.54, 1.807) is 6.92 Å². The van der Waals surface area contributed by atoms with Gasteiger partial charge in [-0.1, -0.05) is 11.6 Å². The fourth-order valence-corrected chi connectivity index (χ4v) is 1.44. The van der Waals surface area contributed by atoms with Crippen molar-refractivity contribution >= 4 is 17.5 Å². The predicted molar refractivity (Wildman–Crippen MR) is 69.4 cm³/mol. The molecule has 0 aliphatic carbocycles. The van der Waals surface area contributed by atoms with Crippen molar-refractivity contribution in [3.8, 4) is 5.75 Å². The number of carbonyl (C=O) groups excluding carboxylic acids is 1. The standard InChI is InChI=1S/C13H17ClFNO2/c1-8(12(17)16-13(2,3)4)18-11-6-5-9(14)7-10(11)15/h5-8H,1-4H3,(H,16,17). The van der Waals surface area contributed by atoms with E-state index in [2.05, 4.69) is 5.32 Å². The summed E-state index contributed by atoms with van der Waals surface area (Å²) < 4.78 is 18.7. The van der Waals surface area contributed by atoms with E-state index in [0.717, 1.165) is 6.07 Å². The van der Waals surface area contributed by atoms with Crippen molar-refractivity contribution in [2.75, 3.05) is 0 Å². The predicted octanol–water partition coefficient (Wildman–Crippen LogP) is 3.16. The van der Waals surface area contributed by atoms with Crippen LogP contribution < -0.4 is 10.1 Å². The van der Waals surface area contributed by atoms with Gasteiger partial charge in [0.2, 0.25) is 0 Å². The zero-order chi connectivity index (χ0) is 13.9. The van der Waals surface area contributed by atoms with Crippen LogP contribution in [0.15, 0.2) is 18.2 Å². The summed E-state index contributed by atoms with van der Waals surface area (Å²) in [6.07, 6.45) is -0.778. The van der Waals surface area contributed by atoms with E-state index in [9.17, 15) is 9.18 Å². The normalized spacial score (nSPS) is 13.0. The van der Waals surface area contributed by atoms with E-state index in [1.807, 2.05) is 20.8 Å². The number of nitrogens with one attached hydrogen (secondary N) is 1. The minimum Gasteiger partial charge on any atom is -0.478 e. The summed E-state index contributed by atoms with van der Waals surface area (Å²) in [5.74, 6) is -0.870. The summed E-state index contributed by atoms with van der Waals surface area (Å²) >= 11 is 5.63. The Labute approximate surface area is 111 Å². The first kappa shape index (κ1) is 14.8. The Kier molecular flexibility index (Phi) is 4.57. The molecule has 0 saturated heterocycles. The molecule has 1 amide bonds. The van der Waals surface area contributed by atoms with Gasteiger partial charge in [0.05, 0.1) is 0 Å². The van der Waals surface area contributed by atoms with Crippen LogP contribution >= 0.6 is 11.6 Å². The molecule has 0 bridgehead atoms. The van der Waals surface area contributed by atoms with E-state index in [1.165, 1.54) is 12.1 Å². The van der Waals surface area contributed by atoms with Crippen LogP contribution in [0.4, 0.5) is 4.39 Å². The van der Waals surface area contributed by atoms with E-state index < -0.39 is 11.9 Å². The second-order valence-corrected chi connectivity index (χ2v) is 5.51. The van der Waals surface area contributed by atoms with Crippen molar-refractivity contribution in [3.05, 3.63) is 29.0 Å². The summed E-state index contributed by atoms with van der Waals surface area (Å²) in [6.45, 7) is 7.15. The lowest BCUT2D eigenvalue weighted by molar-refractivity contribution is -0.128. The number of halogens is 2. The number of hydrogen-bond donors (Lipinski definition) is 1. The number of benzene rings is 1. The molecule has 0 saturated carbocycles. The maximum Gasteiger partial charge on any atom is 0.261 e. The van der Waals surface area contributed by atoms with Gasteiger partial charge in [-0.25, -0.2) is 4.39 Å². The first-order valence-electron chi connectivity index (χ1n) is 5.63. The maximum absolute atomic E-state index is 13.5. The third-order valence-electron chi connectivity index (χ3n) is 2.07. The van der Waals surface area contributed by atoms with E-state index in [4.69, 9.17) is 16.3 Å². The van der Waals surface area contributed by atoms with Gasteiger partial charge < -0.3 is 10.1 Å². The second-order valence-electron chi connectivity index (χ2n) is 5.07. The van der Waals surface area contributed by atoms with Crippen molar-refractivity contribution in [2.45, 2.75) is 39.3 Å². The Morgan fingerprint density at radius 3 is 2.56 bits per heavy atom. The molecular weight excluding hydrogens is 257 g/mol. The molecule has 18 heavy (non-hydrogen) atoms. The largest absolute Gasteiger partial charge is 0.478 e. The average Bonchev–Trinajstić information content (AvgIpc) is 2.19. The quantitative estimate of drug-likeness (QED) is 0.919. The Hall–Kier alpha value is -1.29. The highest BCUT2D eigenvalue weighted by Gasteiger charge is 2.21. The monoisotopic (exact) mass is 273 g/mol. The summed E-state index contributed by atoms with van der Waals surface area (Å²) in [5, 5.41) is 3.04. The first-order chi connectivity index (χ1) is 8.19. The highest BCUT2D eigenvalue weighted by Crippen LogP contribution is 2.22. The smallest absolute Gasteiger partial charge is 0.261 e. The summed E-state index contributed by atoms with van der Waals surface area (Å²) in [6, 6.07) is 4.05. The molecule has 0 fully saturated rings. The SMILES string of the molecule is CC(Oc1ccc(Cl)cc1F)C(=O)NC(C)(C)C. The average molecular weight is 274 g/mol. The third kappa shape index (κ3) is 4.53. The number of hydrogen-bond acceptors (Lipinski definition) is 2. The minimum atomic E-state index is -0.778. The van der Waals surface area contributed by atoms with Gasteiger partial charge in [-0.15, -0.1) is 0 Å². The maximum atomic E-state index is 13.5. The fourth-order valence-electron chi connectivity index (χ4n) is 1.29. The molecule has 0 radical (unpaired) electrons. The van der Waals surface area contributed by atoms with Crippen LogP contribution in [0.1, 0.15) is 27.7 Å². The third-order valence-corrected chi connectivity index (χ3v) is 2.30. The molecule has 1 aromatic carbocycles. The highest BCUT2D eigenvalue weighted by atomic mass is 35.5. The van der Waals surface area contributed by atoms with Crippen LogP contribution in [0.2, 0.25) is 5.02 Å². The van der Waals surface area contributed by atoms with Gasteiger partial charge in [0.25, 0.3) is 5.91 Å². The van der Waals surface area contributed by atoms with Gasteiger partial charge in [-0.2, -0.15) is 0 Å². The van der Waals surface area contributed by atoms with Crippen LogP contribution in [0.25, 0.3) is 0 Å². The fraction of sp³-hybridized carbons (Fsp3) is 0.462. The van der Waals surface area contributed by atoms with Gasteiger partial charge in [0, 0.05) is 10.6 Å². The van der Waals surface area contributed by atoms with Crippen LogP contribution in [0, 0.1) is 5.82 Å². The molecule has 1 unspecified atom stereocenters. The van der Waals surface area contributed by atoms with E-state index in [-0.39, 0.29) is 22.2 Å². The molecule has 1 N–H and O–H groups in total. The first-order valence-corrected chi connectivity index (χ1v) is 6.00. The summed E-state index contributed by atoms with van der Waals surface area (Å²) in [5.41, 5.74) is -0.354. The minimum absolute atomic E-state index is 0.0101. The molecule has 5 heteroatoms. The van der Waals surface area contributed by atoms with Crippen LogP contribution in [-0.2, 0) is 4.79 Å². The Morgan fingerprint density at radius 1 is 1.44 bits per heavy atom. The zero-order valence-corrected chi connectivity index (χ0v) is 11.6. The molecule has 0 aliphatic heterocycles. The molecule has 3 nitrogen and oxygen atoms in total. The van der Waals surface area contributed by atoms with Gasteiger partial charge in [-0.05, 0) is 45.9 Å².